The van der Waals surface area contributed by atoms with Crippen LogP contribution in [0.15, 0.2) is 48.9 Å². The number of carbonyl (C=O) groups is 1. The molecule has 1 amide bonds. The van der Waals surface area contributed by atoms with E-state index in [1.54, 1.807) is 6.33 Å². The summed E-state index contributed by atoms with van der Waals surface area (Å²) in [6, 6.07) is 12.0. The summed E-state index contributed by atoms with van der Waals surface area (Å²) in [4.78, 5) is 24.4. The van der Waals surface area contributed by atoms with Gasteiger partial charge in [-0.2, -0.15) is 0 Å². The Labute approximate surface area is 163 Å². The zero-order chi connectivity index (χ0) is 19.7. The van der Waals surface area contributed by atoms with E-state index < -0.39 is 5.91 Å². The average molecular weight is 373 g/mol. The third kappa shape index (κ3) is 3.07. The topological polar surface area (TPSA) is 89.6 Å². The number of rotatable bonds is 6. The van der Waals surface area contributed by atoms with Gasteiger partial charge < -0.3 is 15.3 Å². The lowest BCUT2D eigenvalue weighted by molar-refractivity contribution is 0.1000. The van der Waals surface area contributed by atoms with Crippen molar-refractivity contribution in [2.75, 3.05) is 0 Å². The lowest BCUT2D eigenvalue weighted by Gasteiger charge is -2.11. The minimum absolute atomic E-state index is 0.419. The lowest BCUT2D eigenvalue weighted by atomic mass is 10.0. The van der Waals surface area contributed by atoms with Gasteiger partial charge in [-0.1, -0.05) is 31.2 Å². The maximum atomic E-state index is 12.4. The van der Waals surface area contributed by atoms with Crippen molar-refractivity contribution in [1.29, 1.82) is 0 Å². The van der Waals surface area contributed by atoms with Crippen molar-refractivity contribution >= 4 is 16.8 Å². The molecule has 0 atom stereocenters. The molecular formula is C22H23N5O. The van der Waals surface area contributed by atoms with E-state index in [2.05, 4.69) is 21.5 Å². The fourth-order valence-electron chi connectivity index (χ4n) is 3.90. The van der Waals surface area contributed by atoms with Crippen LogP contribution >= 0.6 is 0 Å². The standard InChI is InChI=1S/C22H23N5O/c1-3-19-21(18-9-8-15-6-4-5-7-17(15)26-18)20(22(23)28)14(2)27(19)11-10-16-12-24-13-25-16/h4-9,12-13H,3,10-11H2,1-2H3,(H2,23,28)(H,24,25). The minimum Gasteiger partial charge on any atom is -0.366 e. The fourth-order valence-corrected chi connectivity index (χ4v) is 3.90. The summed E-state index contributed by atoms with van der Waals surface area (Å²) in [5.41, 5.74) is 11.9. The number of para-hydroxylation sites is 1. The summed E-state index contributed by atoms with van der Waals surface area (Å²) in [6.45, 7) is 4.79. The first-order chi connectivity index (χ1) is 13.6. The number of amides is 1. The molecule has 3 aromatic heterocycles. The molecule has 3 heterocycles. The molecule has 1 aromatic carbocycles. The Morgan fingerprint density at radius 2 is 2.04 bits per heavy atom. The number of fused-ring (bicyclic) bond motifs is 1. The van der Waals surface area contributed by atoms with Gasteiger partial charge in [-0.25, -0.2) is 9.97 Å². The third-order valence-corrected chi connectivity index (χ3v) is 5.23. The van der Waals surface area contributed by atoms with Crippen LogP contribution in [0.25, 0.3) is 22.2 Å². The van der Waals surface area contributed by atoms with E-state index in [0.29, 0.717) is 5.56 Å². The van der Waals surface area contributed by atoms with E-state index in [4.69, 9.17) is 10.7 Å². The molecule has 0 radical (unpaired) electrons. The number of hydrogen-bond donors (Lipinski definition) is 2. The quantitative estimate of drug-likeness (QED) is 0.541. The zero-order valence-electron chi connectivity index (χ0n) is 16.1. The van der Waals surface area contributed by atoms with Gasteiger partial charge in [0, 0.05) is 47.2 Å². The van der Waals surface area contributed by atoms with Crippen molar-refractivity contribution in [2.24, 2.45) is 5.73 Å². The van der Waals surface area contributed by atoms with E-state index in [1.807, 2.05) is 49.5 Å². The Hall–Kier alpha value is -3.41. The molecule has 6 heteroatoms. The SMILES string of the molecule is CCc1c(-c2ccc3ccccc3n2)c(C(N)=O)c(C)n1CCc1cnc[nH]1. The van der Waals surface area contributed by atoms with Crippen LogP contribution in [-0.4, -0.2) is 25.4 Å². The normalized spacial score (nSPS) is 11.2. The molecule has 0 saturated heterocycles. The molecular weight excluding hydrogens is 350 g/mol. The second-order valence-electron chi connectivity index (χ2n) is 6.87. The second kappa shape index (κ2) is 7.31. The van der Waals surface area contributed by atoms with Crippen molar-refractivity contribution in [3.8, 4) is 11.3 Å². The van der Waals surface area contributed by atoms with E-state index in [0.717, 1.165) is 58.6 Å². The number of nitrogens with two attached hydrogens (primary N) is 1. The number of nitrogens with zero attached hydrogens (tertiary/aromatic N) is 3. The Balaban J connectivity index is 1.86. The molecule has 0 aliphatic carbocycles. The van der Waals surface area contributed by atoms with E-state index in [-0.39, 0.29) is 0 Å². The number of carbonyl (C=O) groups excluding carboxylic acids is 1. The van der Waals surface area contributed by atoms with Gasteiger partial charge in [0.05, 0.1) is 23.1 Å². The van der Waals surface area contributed by atoms with Gasteiger partial charge in [0.1, 0.15) is 0 Å². The van der Waals surface area contributed by atoms with Gasteiger partial charge >= 0.3 is 0 Å². The number of primary amides is 1. The highest BCUT2D eigenvalue weighted by atomic mass is 16.1. The molecule has 0 aliphatic heterocycles. The van der Waals surface area contributed by atoms with E-state index >= 15 is 0 Å². The van der Waals surface area contributed by atoms with Gasteiger partial charge in [0.15, 0.2) is 0 Å². The maximum Gasteiger partial charge on any atom is 0.251 e. The summed E-state index contributed by atoms with van der Waals surface area (Å²) in [5, 5.41) is 1.07. The number of benzene rings is 1. The van der Waals surface area contributed by atoms with Gasteiger partial charge in [-0.3, -0.25) is 4.79 Å². The van der Waals surface area contributed by atoms with Gasteiger partial charge in [0.2, 0.25) is 0 Å². The van der Waals surface area contributed by atoms with Crippen LogP contribution in [-0.2, 0) is 19.4 Å². The molecule has 0 fully saturated rings. The minimum atomic E-state index is -0.419. The molecule has 142 valence electrons. The van der Waals surface area contributed by atoms with Crippen molar-refractivity contribution in [2.45, 2.75) is 33.2 Å². The summed E-state index contributed by atoms with van der Waals surface area (Å²) >= 11 is 0. The summed E-state index contributed by atoms with van der Waals surface area (Å²) < 4.78 is 2.19. The van der Waals surface area contributed by atoms with Crippen LogP contribution in [0.3, 0.4) is 0 Å². The number of H-pyrrole nitrogens is 1. The van der Waals surface area contributed by atoms with Crippen LogP contribution in [0.4, 0.5) is 0 Å². The van der Waals surface area contributed by atoms with Crippen LogP contribution in [0.2, 0.25) is 0 Å². The number of aromatic nitrogens is 4. The molecule has 0 aliphatic rings. The Morgan fingerprint density at radius 3 is 2.75 bits per heavy atom. The maximum absolute atomic E-state index is 12.4. The van der Waals surface area contributed by atoms with Crippen molar-refractivity contribution in [3.63, 3.8) is 0 Å². The molecule has 4 rings (SSSR count). The van der Waals surface area contributed by atoms with Crippen molar-refractivity contribution < 1.29 is 4.79 Å². The highest BCUT2D eigenvalue weighted by molar-refractivity contribution is 6.02. The van der Waals surface area contributed by atoms with Crippen molar-refractivity contribution in [3.05, 3.63) is 71.6 Å². The summed E-state index contributed by atoms with van der Waals surface area (Å²) in [7, 11) is 0. The van der Waals surface area contributed by atoms with Crippen LogP contribution in [0.5, 0.6) is 0 Å². The Morgan fingerprint density at radius 1 is 1.21 bits per heavy atom. The summed E-state index contributed by atoms with van der Waals surface area (Å²) in [5.74, 6) is -0.419. The monoisotopic (exact) mass is 373 g/mol. The van der Waals surface area contributed by atoms with E-state index in [9.17, 15) is 4.79 Å². The van der Waals surface area contributed by atoms with Gasteiger partial charge in [-0.15, -0.1) is 0 Å². The predicted molar refractivity (Wildman–Crippen MR) is 110 cm³/mol. The third-order valence-electron chi connectivity index (χ3n) is 5.23. The summed E-state index contributed by atoms with van der Waals surface area (Å²) in [6.07, 6.45) is 5.08. The molecule has 28 heavy (non-hydrogen) atoms. The molecule has 0 spiro atoms. The highest BCUT2D eigenvalue weighted by Gasteiger charge is 2.24. The van der Waals surface area contributed by atoms with Crippen molar-refractivity contribution in [1.82, 2.24) is 19.5 Å². The second-order valence-corrected chi connectivity index (χ2v) is 6.87. The fraction of sp³-hybridized carbons (Fsp3) is 0.227. The number of nitrogens with one attached hydrogen (secondary N) is 1. The van der Waals surface area contributed by atoms with Crippen LogP contribution < -0.4 is 5.73 Å². The lowest BCUT2D eigenvalue weighted by Crippen LogP contribution is -2.14. The molecule has 4 aromatic rings. The average Bonchev–Trinajstić information content (AvgIpc) is 3.31. The first-order valence-corrected chi connectivity index (χ1v) is 9.45. The predicted octanol–water partition coefficient (Wildman–Crippen LogP) is 3.64. The van der Waals surface area contributed by atoms with Gasteiger partial charge in [-0.05, 0) is 25.5 Å². The molecule has 0 unspecified atom stereocenters. The Kier molecular flexibility index (Phi) is 4.69. The molecule has 0 saturated carbocycles. The molecule has 0 bridgehead atoms. The number of aryl methyl sites for hydroxylation is 1. The highest BCUT2D eigenvalue weighted by Crippen LogP contribution is 2.33. The van der Waals surface area contributed by atoms with Crippen LogP contribution in [0.1, 0.15) is 34.4 Å². The van der Waals surface area contributed by atoms with Crippen LogP contribution in [0, 0.1) is 6.92 Å². The molecule has 3 N–H and O–H groups in total. The zero-order valence-corrected chi connectivity index (χ0v) is 16.1. The first kappa shape index (κ1) is 18.0. The smallest absolute Gasteiger partial charge is 0.251 e. The number of pyridine rings is 1. The Bertz CT molecular complexity index is 1140. The molecule has 6 nitrogen and oxygen atoms in total. The largest absolute Gasteiger partial charge is 0.366 e. The van der Waals surface area contributed by atoms with E-state index in [1.165, 1.54) is 0 Å². The number of hydrogen-bond acceptors (Lipinski definition) is 3. The number of aromatic amines is 1. The first-order valence-electron chi connectivity index (χ1n) is 9.45. The van der Waals surface area contributed by atoms with Gasteiger partial charge in [0.25, 0.3) is 5.91 Å². The number of imidazole rings is 1.